The molecule has 1 aliphatic heterocycles. The SMILES string of the molecule is CC(NC(=O)c1cccs1)C(=O)N1CCC[C@H](O)C1. The van der Waals surface area contributed by atoms with Crippen molar-refractivity contribution in [1.29, 1.82) is 0 Å². The van der Waals surface area contributed by atoms with E-state index in [2.05, 4.69) is 5.32 Å². The van der Waals surface area contributed by atoms with Crippen LogP contribution in [0.15, 0.2) is 17.5 Å². The van der Waals surface area contributed by atoms with E-state index in [-0.39, 0.29) is 11.8 Å². The van der Waals surface area contributed by atoms with Gasteiger partial charge in [-0.3, -0.25) is 9.59 Å². The number of aliphatic hydroxyl groups excluding tert-OH is 1. The number of nitrogens with one attached hydrogen (secondary N) is 1. The smallest absolute Gasteiger partial charge is 0.261 e. The lowest BCUT2D eigenvalue weighted by molar-refractivity contribution is -0.135. The topological polar surface area (TPSA) is 69.6 Å². The Balaban J connectivity index is 1.90. The van der Waals surface area contributed by atoms with E-state index < -0.39 is 12.1 Å². The molecule has 2 atom stereocenters. The van der Waals surface area contributed by atoms with Crippen LogP contribution in [0, 0.1) is 0 Å². The van der Waals surface area contributed by atoms with Crippen LogP contribution in [-0.4, -0.2) is 47.1 Å². The van der Waals surface area contributed by atoms with Crippen LogP contribution < -0.4 is 5.32 Å². The summed E-state index contributed by atoms with van der Waals surface area (Å²) < 4.78 is 0. The molecule has 19 heavy (non-hydrogen) atoms. The van der Waals surface area contributed by atoms with Crippen molar-refractivity contribution in [2.45, 2.75) is 31.9 Å². The molecule has 104 valence electrons. The molecule has 2 N–H and O–H groups in total. The number of likely N-dealkylation sites (tertiary alicyclic amines) is 1. The number of carbonyl (C=O) groups excluding carboxylic acids is 2. The van der Waals surface area contributed by atoms with Gasteiger partial charge in [-0.2, -0.15) is 0 Å². The second kappa shape index (κ2) is 6.16. The minimum absolute atomic E-state index is 0.136. The van der Waals surface area contributed by atoms with Crippen LogP contribution >= 0.6 is 11.3 Å². The standard InChI is InChI=1S/C13H18N2O3S/c1-9(14-12(17)11-5-3-7-19-11)13(18)15-6-2-4-10(16)8-15/h3,5,7,9-10,16H,2,4,6,8H2,1H3,(H,14,17)/t9?,10-/m0/s1. The third-order valence-corrected chi connectivity index (χ3v) is 4.04. The zero-order chi connectivity index (χ0) is 13.8. The number of piperidine rings is 1. The summed E-state index contributed by atoms with van der Waals surface area (Å²) in [7, 11) is 0. The first-order chi connectivity index (χ1) is 9.08. The number of hydrogen-bond donors (Lipinski definition) is 2. The van der Waals surface area contributed by atoms with Gasteiger partial charge >= 0.3 is 0 Å². The number of aliphatic hydroxyl groups is 1. The normalized spacial score (nSPS) is 20.9. The van der Waals surface area contributed by atoms with Crippen molar-refractivity contribution in [3.8, 4) is 0 Å². The van der Waals surface area contributed by atoms with Gasteiger partial charge in [-0.05, 0) is 31.2 Å². The molecule has 2 amide bonds. The second-order valence-corrected chi connectivity index (χ2v) is 5.70. The molecule has 1 aromatic heterocycles. The zero-order valence-corrected chi connectivity index (χ0v) is 11.7. The summed E-state index contributed by atoms with van der Waals surface area (Å²) in [4.78, 5) is 26.2. The third-order valence-electron chi connectivity index (χ3n) is 3.17. The summed E-state index contributed by atoms with van der Waals surface area (Å²) in [6.07, 6.45) is 1.09. The largest absolute Gasteiger partial charge is 0.391 e. The predicted molar refractivity (Wildman–Crippen MR) is 73.1 cm³/mol. The van der Waals surface area contributed by atoms with E-state index in [0.29, 0.717) is 18.0 Å². The number of β-amino-alcohol motifs (C(OH)–C–C–N with tert-alkyl or cyclic N) is 1. The summed E-state index contributed by atoms with van der Waals surface area (Å²) in [5.74, 6) is -0.364. The number of nitrogens with zero attached hydrogens (tertiary/aromatic N) is 1. The van der Waals surface area contributed by atoms with Gasteiger partial charge in [0.25, 0.3) is 5.91 Å². The lowest BCUT2D eigenvalue weighted by atomic mass is 10.1. The minimum atomic E-state index is -0.570. The number of carbonyl (C=O) groups is 2. The van der Waals surface area contributed by atoms with E-state index >= 15 is 0 Å². The number of amides is 2. The van der Waals surface area contributed by atoms with E-state index in [1.54, 1.807) is 24.0 Å². The maximum Gasteiger partial charge on any atom is 0.261 e. The van der Waals surface area contributed by atoms with Crippen LogP contribution in [0.2, 0.25) is 0 Å². The van der Waals surface area contributed by atoms with Crippen molar-refractivity contribution in [2.24, 2.45) is 0 Å². The number of hydrogen-bond acceptors (Lipinski definition) is 4. The Morgan fingerprint density at radius 3 is 3.00 bits per heavy atom. The fraction of sp³-hybridized carbons (Fsp3) is 0.538. The van der Waals surface area contributed by atoms with Crippen molar-refractivity contribution >= 4 is 23.2 Å². The average molecular weight is 282 g/mol. The molecule has 5 nitrogen and oxygen atoms in total. The Hall–Kier alpha value is -1.40. The Bertz CT molecular complexity index is 447. The lowest BCUT2D eigenvalue weighted by Crippen LogP contribution is -2.50. The summed E-state index contributed by atoms with van der Waals surface area (Å²) in [6.45, 7) is 2.68. The fourth-order valence-electron chi connectivity index (χ4n) is 2.17. The molecule has 0 aliphatic carbocycles. The molecular formula is C13H18N2O3S. The van der Waals surface area contributed by atoms with Gasteiger partial charge in [-0.1, -0.05) is 6.07 Å². The molecule has 1 aliphatic rings. The van der Waals surface area contributed by atoms with E-state index in [1.807, 2.05) is 5.38 Å². The van der Waals surface area contributed by atoms with Gasteiger partial charge in [0, 0.05) is 13.1 Å². The minimum Gasteiger partial charge on any atom is -0.391 e. The summed E-state index contributed by atoms with van der Waals surface area (Å²) >= 11 is 1.34. The van der Waals surface area contributed by atoms with Gasteiger partial charge in [0.15, 0.2) is 0 Å². The second-order valence-electron chi connectivity index (χ2n) is 4.75. The molecule has 1 saturated heterocycles. The van der Waals surface area contributed by atoms with E-state index in [9.17, 15) is 14.7 Å². The summed E-state index contributed by atoms with van der Waals surface area (Å²) in [5.41, 5.74) is 0. The Morgan fingerprint density at radius 2 is 2.37 bits per heavy atom. The van der Waals surface area contributed by atoms with Gasteiger partial charge in [-0.15, -0.1) is 11.3 Å². The van der Waals surface area contributed by atoms with Crippen LogP contribution in [0.5, 0.6) is 0 Å². The van der Waals surface area contributed by atoms with Crippen LogP contribution in [-0.2, 0) is 4.79 Å². The number of rotatable bonds is 3. The van der Waals surface area contributed by atoms with Crippen LogP contribution in [0.1, 0.15) is 29.4 Å². The highest BCUT2D eigenvalue weighted by molar-refractivity contribution is 7.12. The highest BCUT2D eigenvalue weighted by Gasteiger charge is 2.26. The van der Waals surface area contributed by atoms with Crippen molar-refractivity contribution in [1.82, 2.24) is 10.2 Å². The van der Waals surface area contributed by atoms with E-state index in [1.165, 1.54) is 11.3 Å². The van der Waals surface area contributed by atoms with Crippen molar-refractivity contribution in [3.63, 3.8) is 0 Å². The van der Waals surface area contributed by atoms with Crippen molar-refractivity contribution in [2.75, 3.05) is 13.1 Å². The van der Waals surface area contributed by atoms with Crippen LogP contribution in [0.4, 0.5) is 0 Å². The van der Waals surface area contributed by atoms with Gasteiger partial charge < -0.3 is 15.3 Å². The maximum atomic E-state index is 12.2. The Kier molecular flexibility index (Phi) is 4.55. The van der Waals surface area contributed by atoms with Gasteiger partial charge in [0.1, 0.15) is 6.04 Å². The number of thiophene rings is 1. The van der Waals surface area contributed by atoms with Gasteiger partial charge in [-0.25, -0.2) is 0 Å². The summed E-state index contributed by atoms with van der Waals surface area (Å²) in [6, 6.07) is 2.95. The Labute approximate surface area is 116 Å². The van der Waals surface area contributed by atoms with E-state index in [4.69, 9.17) is 0 Å². The van der Waals surface area contributed by atoms with Crippen molar-refractivity contribution in [3.05, 3.63) is 22.4 Å². The quantitative estimate of drug-likeness (QED) is 0.863. The maximum absolute atomic E-state index is 12.2. The van der Waals surface area contributed by atoms with Crippen LogP contribution in [0.3, 0.4) is 0 Å². The van der Waals surface area contributed by atoms with Crippen molar-refractivity contribution < 1.29 is 14.7 Å². The van der Waals surface area contributed by atoms with Crippen LogP contribution in [0.25, 0.3) is 0 Å². The van der Waals surface area contributed by atoms with Gasteiger partial charge in [0.2, 0.25) is 5.91 Å². The fourth-order valence-corrected chi connectivity index (χ4v) is 2.79. The highest BCUT2D eigenvalue weighted by atomic mass is 32.1. The third kappa shape index (κ3) is 3.54. The molecule has 1 fully saturated rings. The molecule has 2 heterocycles. The first-order valence-corrected chi connectivity index (χ1v) is 7.27. The monoisotopic (exact) mass is 282 g/mol. The molecule has 6 heteroatoms. The molecule has 0 bridgehead atoms. The molecule has 0 spiro atoms. The highest BCUT2D eigenvalue weighted by Crippen LogP contribution is 2.12. The first kappa shape index (κ1) is 14.0. The molecule has 1 unspecified atom stereocenters. The average Bonchev–Trinajstić information content (AvgIpc) is 2.91. The zero-order valence-electron chi connectivity index (χ0n) is 10.8. The Morgan fingerprint density at radius 1 is 1.58 bits per heavy atom. The molecular weight excluding hydrogens is 264 g/mol. The summed E-state index contributed by atoms with van der Waals surface area (Å²) in [5, 5.41) is 14.1. The molecule has 0 aromatic carbocycles. The van der Waals surface area contributed by atoms with Gasteiger partial charge in [0.05, 0.1) is 11.0 Å². The predicted octanol–water partition coefficient (Wildman–Crippen LogP) is 0.850. The molecule has 0 saturated carbocycles. The lowest BCUT2D eigenvalue weighted by Gasteiger charge is -2.32. The molecule has 1 aromatic rings. The molecule has 2 rings (SSSR count). The van der Waals surface area contributed by atoms with E-state index in [0.717, 1.165) is 12.8 Å². The molecule has 0 radical (unpaired) electrons. The first-order valence-electron chi connectivity index (χ1n) is 6.39.